The molecule has 0 aliphatic rings. The van der Waals surface area contributed by atoms with Gasteiger partial charge in [0.25, 0.3) is 0 Å². The number of hydrogen-bond acceptors (Lipinski definition) is 3. The first kappa shape index (κ1) is 13.0. The van der Waals surface area contributed by atoms with Crippen molar-refractivity contribution in [3.8, 4) is 5.88 Å². The summed E-state index contributed by atoms with van der Waals surface area (Å²) in [6.45, 7) is 2.35. The van der Waals surface area contributed by atoms with E-state index in [9.17, 15) is 4.79 Å². The highest BCUT2D eigenvalue weighted by Crippen LogP contribution is 2.05. The number of aromatic nitrogens is 1. The summed E-state index contributed by atoms with van der Waals surface area (Å²) in [6.07, 6.45) is 8.51. The summed E-state index contributed by atoms with van der Waals surface area (Å²) < 4.78 is 4.94. The summed E-state index contributed by atoms with van der Waals surface area (Å²) in [5, 5.41) is 2.75. The zero-order chi connectivity index (χ0) is 12.5. The molecule has 17 heavy (non-hydrogen) atoms. The number of amides is 1. The summed E-state index contributed by atoms with van der Waals surface area (Å²) in [5.41, 5.74) is 0.929. The molecule has 0 radical (unpaired) electrons. The molecule has 90 valence electrons. The normalized spacial score (nSPS) is 10.9. The van der Waals surface area contributed by atoms with Gasteiger partial charge in [-0.3, -0.25) is 4.79 Å². The van der Waals surface area contributed by atoms with E-state index in [0.717, 1.165) is 5.56 Å². The Balaban J connectivity index is 2.41. The smallest absolute Gasteiger partial charge is 0.244 e. The minimum absolute atomic E-state index is 0.126. The Morgan fingerprint density at radius 3 is 2.88 bits per heavy atom. The molecule has 1 N–H and O–H groups in total. The number of hydrogen-bond donors (Lipinski definition) is 1. The molecule has 0 aliphatic carbocycles. The quantitative estimate of drug-likeness (QED) is 0.622. The number of nitrogens with zero attached hydrogens (tertiary/aromatic N) is 1. The lowest BCUT2D eigenvalue weighted by Gasteiger charge is -2.03. The van der Waals surface area contributed by atoms with E-state index in [0.29, 0.717) is 12.4 Å². The molecule has 0 atom stereocenters. The molecular formula is C13H16N2O2. The van der Waals surface area contributed by atoms with Crippen LogP contribution in [-0.2, 0) is 11.3 Å². The molecule has 1 aromatic rings. The minimum atomic E-state index is -0.126. The van der Waals surface area contributed by atoms with Gasteiger partial charge in [0.05, 0.1) is 7.11 Å². The molecule has 0 spiro atoms. The highest BCUT2D eigenvalue weighted by molar-refractivity contribution is 5.87. The fourth-order valence-corrected chi connectivity index (χ4v) is 1.14. The molecule has 4 heteroatoms. The van der Waals surface area contributed by atoms with Crippen molar-refractivity contribution in [3.63, 3.8) is 0 Å². The molecule has 0 fully saturated rings. The SMILES string of the molecule is C/C=C/C=C/C(=O)NCc1ccc(OC)nc1. The van der Waals surface area contributed by atoms with Crippen molar-refractivity contribution >= 4 is 5.91 Å². The van der Waals surface area contributed by atoms with Crippen LogP contribution in [0.4, 0.5) is 0 Å². The average Bonchev–Trinajstić information content (AvgIpc) is 2.37. The molecule has 1 amide bonds. The maximum Gasteiger partial charge on any atom is 0.244 e. The van der Waals surface area contributed by atoms with Gasteiger partial charge in [-0.1, -0.05) is 24.3 Å². The van der Waals surface area contributed by atoms with E-state index in [-0.39, 0.29) is 5.91 Å². The van der Waals surface area contributed by atoms with Gasteiger partial charge in [-0.05, 0) is 12.5 Å². The first-order valence-corrected chi connectivity index (χ1v) is 5.32. The molecular weight excluding hydrogens is 216 g/mol. The van der Waals surface area contributed by atoms with Gasteiger partial charge >= 0.3 is 0 Å². The molecule has 0 aromatic carbocycles. The predicted molar refractivity (Wildman–Crippen MR) is 66.6 cm³/mol. The van der Waals surface area contributed by atoms with Crippen molar-refractivity contribution < 1.29 is 9.53 Å². The Hall–Kier alpha value is -2.10. The summed E-state index contributed by atoms with van der Waals surface area (Å²) in [5.74, 6) is 0.437. The number of allylic oxidation sites excluding steroid dienone is 3. The number of pyridine rings is 1. The van der Waals surface area contributed by atoms with Crippen molar-refractivity contribution in [2.45, 2.75) is 13.5 Å². The van der Waals surface area contributed by atoms with Gasteiger partial charge in [0.1, 0.15) is 0 Å². The standard InChI is InChI=1S/C13H16N2O2/c1-3-4-5-6-12(16)14-9-11-7-8-13(17-2)15-10-11/h3-8,10H,9H2,1-2H3,(H,14,16)/b4-3+,6-5+. The van der Waals surface area contributed by atoms with Crippen LogP contribution in [0.3, 0.4) is 0 Å². The van der Waals surface area contributed by atoms with E-state index in [1.807, 2.05) is 19.1 Å². The van der Waals surface area contributed by atoms with Gasteiger partial charge in [0.2, 0.25) is 11.8 Å². The highest BCUT2D eigenvalue weighted by atomic mass is 16.5. The Kier molecular flexibility index (Phi) is 5.51. The molecule has 4 nitrogen and oxygen atoms in total. The van der Waals surface area contributed by atoms with Gasteiger partial charge in [0.15, 0.2) is 0 Å². The Morgan fingerprint density at radius 2 is 2.29 bits per heavy atom. The molecule has 0 bridgehead atoms. The van der Waals surface area contributed by atoms with Gasteiger partial charge < -0.3 is 10.1 Å². The maximum atomic E-state index is 11.3. The third-order valence-corrected chi connectivity index (χ3v) is 2.02. The molecule has 1 rings (SSSR count). The molecule has 0 saturated carbocycles. The predicted octanol–water partition coefficient (Wildman–Crippen LogP) is 1.84. The van der Waals surface area contributed by atoms with Crippen molar-refractivity contribution in [1.29, 1.82) is 0 Å². The van der Waals surface area contributed by atoms with Crippen molar-refractivity contribution in [2.75, 3.05) is 7.11 Å². The fraction of sp³-hybridized carbons (Fsp3) is 0.231. The summed E-state index contributed by atoms with van der Waals surface area (Å²) >= 11 is 0. The number of ether oxygens (including phenoxy) is 1. The highest BCUT2D eigenvalue weighted by Gasteiger charge is 1.97. The number of nitrogens with one attached hydrogen (secondary N) is 1. The van der Waals surface area contributed by atoms with Crippen LogP contribution in [0, 0.1) is 0 Å². The van der Waals surface area contributed by atoms with Gasteiger partial charge in [-0.15, -0.1) is 0 Å². The van der Waals surface area contributed by atoms with Crippen LogP contribution >= 0.6 is 0 Å². The second kappa shape index (κ2) is 7.22. The fourth-order valence-electron chi connectivity index (χ4n) is 1.14. The van der Waals surface area contributed by atoms with E-state index >= 15 is 0 Å². The molecule has 0 saturated heterocycles. The summed E-state index contributed by atoms with van der Waals surface area (Å²) in [7, 11) is 1.57. The second-order valence-corrected chi connectivity index (χ2v) is 3.31. The third kappa shape index (κ3) is 4.97. The molecule has 0 aliphatic heterocycles. The van der Waals surface area contributed by atoms with Gasteiger partial charge in [0, 0.05) is 24.9 Å². The topological polar surface area (TPSA) is 51.2 Å². The average molecular weight is 232 g/mol. The van der Waals surface area contributed by atoms with Crippen LogP contribution in [0.25, 0.3) is 0 Å². The zero-order valence-corrected chi connectivity index (χ0v) is 10.0. The van der Waals surface area contributed by atoms with Crippen LogP contribution < -0.4 is 10.1 Å². The number of methoxy groups -OCH3 is 1. The summed E-state index contributed by atoms with van der Waals surface area (Å²) in [6, 6.07) is 3.62. The van der Waals surface area contributed by atoms with Crippen LogP contribution in [0.2, 0.25) is 0 Å². The van der Waals surface area contributed by atoms with Crippen LogP contribution in [0.15, 0.2) is 42.6 Å². The largest absolute Gasteiger partial charge is 0.481 e. The Labute approximate surface area is 101 Å². The Bertz CT molecular complexity index is 408. The molecule has 0 unspecified atom stereocenters. The van der Waals surface area contributed by atoms with Crippen molar-refractivity contribution in [2.24, 2.45) is 0 Å². The van der Waals surface area contributed by atoms with Crippen LogP contribution in [0.1, 0.15) is 12.5 Å². The van der Waals surface area contributed by atoms with Crippen LogP contribution in [-0.4, -0.2) is 18.0 Å². The monoisotopic (exact) mass is 232 g/mol. The van der Waals surface area contributed by atoms with E-state index in [1.54, 1.807) is 31.5 Å². The lowest BCUT2D eigenvalue weighted by Crippen LogP contribution is -2.20. The lowest BCUT2D eigenvalue weighted by atomic mass is 10.3. The van der Waals surface area contributed by atoms with Crippen molar-refractivity contribution in [1.82, 2.24) is 10.3 Å². The molecule has 1 aromatic heterocycles. The number of carbonyl (C=O) groups is 1. The summed E-state index contributed by atoms with van der Waals surface area (Å²) in [4.78, 5) is 15.4. The third-order valence-electron chi connectivity index (χ3n) is 2.02. The van der Waals surface area contributed by atoms with E-state index in [1.165, 1.54) is 6.08 Å². The second-order valence-electron chi connectivity index (χ2n) is 3.31. The molecule has 1 heterocycles. The van der Waals surface area contributed by atoms with E-state index < -0.39 is 0 Å². The van der Waals surface area contributed by atoms with E-state index in [2.05, 4.69) is 10.3 Å². The van der Waals surface area contributed by atoms with Gasteiger partial charge in [-0.25, -0.2) is 4.98 Å². The number of carbonyl (C=O) groups excluding carboxylic acids is 1. The first-order chi connectivity index (χ1) is 8.26. The van der Waals surface area contributed by atoms with E-state index in [4.69, 9.17) is 4.74 Å². The maximum absolute atomic E-state index is 11.3. The minimum Gasteiger partial charge on any atom is -0.481 e. The van der Waals surface area contributed by atoms with Crippen LogP contribution in [0.5, 0.6) is 5.88 Å². The number of rotatable bonds is 5. The lowest BCUT2D eigenvalue weighted by molar-refractivity contribution is -0.116. The Morgan fingerprint density at radius 1 is 1.47 bits per heavy atom. The zero-order valence-electron chi connectivity index (χ0n) is 10.0. The van der Waals surface area contributed by atoms with Crippen molar-refractivity contribution in [3.05, 3.63) is 48.2 Å². The van der Waals surface area contributed by atoms with Gasteiger partial charge in [-0.2, -0.15) is 0 Å². The first-order valence-electron chi connectivity index (χ1n) is 5.32.